The number of aromatic nitrogens is 4. The molecule has 4 heterocycles. The van der Waals surface area contributed by atoms with Crippen molar-refractivity contribution in [3.8, 4) is 0 Å². The quantitative estimate of drug-likeness (QED) is 0.720. The van der Waals surface area contributed by atoms with E-state index in [0.717, 1.165) is 11.5 Å². The number of aryl methyl sites for hydroxylation is 1. The van der Waals surface area contributed by atoms with Crippen molar-refractivity contribution in [2.24, 2.45) is 0 Å². The first-order valence-corrected chi connectivity index (χ1v) is 11.7. The van der Waals surface area contributed by atoms with Gasteiger partial charge in [0.05, 0.1) is 36.4 Å². The molecule has 0 aromatic carbocycles. The minimum absolute atomic E-state index is 0.0718. The fourth-order valence-electron chi connectivity index (χ4n) is 3.98. The Morgan fingerprint density at radius 1 is 1.27 bits per heavy atom. The van der Waals surface area contributed by atoms with Crippen molar-refractivity contribution in [2.45, 2.75) is 51.5 Å². The summed E-state index contributed by atoms with van der Waals surface area (Å²) < 4.78 is 34.2. The summed E-state index contributed by atoms with van der Waals surface area (Å²) in [4.78, 5) is 25.7. The minimum Gasteiger partial charge on any atom is -0.352 e. The molecule has 1 fully saturated rings. The zero-order valence-corrected chi connectivity index (χ0v) is 17.9. The molecule has 1 N–H and O–H groups in total. The van der Waals surface area contributed by atoms with Gasteiger partial charge in [0.2, 0.25) is 10.0 Å². The van der Waals surface area contributed by atoms with Crippen molar-refractivity contribution in [1.29, 1.82) is 0 Å². The monoisotopic (exact) mass is 434 g/mol. The predicted octanol–water partition coefficient (Wildman–Crippen LogP) is 0.338. The van der Waals surface area contributed by atoms with Crippen molar-refractivity contribution >= 4 is 15.9 Å². The molecule has 1 spiro atoms. The number of nitrogens with one attached hydrogen (secondary N) is 1. The Kier molecular flexibility index (Phi) is 5.60. The Morgan fingerprint density at radius 2 is 2.03 bits per heavy atom. The Morgan fingerprint density at radius 3 is 2.70 bits per heavy atom. The molecule has 10 nitrogen and oxygen atoms in total. The van der Waals surface area contributed by atoms with Crippen LogP contribution in [0.4, 0.5) is 0 Å². The van der Waals surface area contributed by atoms with Crippen molar-refractivity contribution in [2.75, 3.05) is 18.8 Å². The maximum absolute atomic E-state index is 12.8. The van der Waals surface area contributed by atoms with E-state index in [0.29, 0.717) is 38.2 Å². The summed E-state index contributed by atoms with van der Waals surface area (Å²) in [6.07, 6.45) is 7.03. The molecule has 30 heavy (non-hydrogen) atoms. The third kappa shape index (κ3) is 3.96. The van der Waals surface area contributed by atoms with Gasteiger partial charge in [0.15, 0.2) is 6.10 Å². The summed E-state index contributed by atoms with van der Waals surface area (Å²) in [5.41, 5.74) is 0.709. The van der Waals surface area contributed by atoms with Gasteiger partial charge in [0.25, 0.3) is 5.91 Å². The van der Waals surface area contributed by atoms with Gasteiger partial charge in [0, 0.05) is 31.7 Å². The van der Waals surface area contributed by atoms with Gasteiger partial charge in [-0.05, 0) is 26.7 Å². The van der Waals surface area contributed by atoms with Gasteiger partial charge in [-0.3, -0.25) is 14.8 Å². The molecule has 162 valence electrons. The number of hydrogen-bond acceptors (Lipinski definition) is 7. The lowest BCUT2D eigenvalue weighted by Crippen LogP contribution is -2.54. The van der Waals surface area contributed by atoms with E-state index in [9.17, 15) is 13.2 Å². The van der Waals surface area contributed by atoms with E-state index in [1.54, 1.807) is 25.5 Å². The van der Waals surface area contributed by atoms with Gasteiger partial charge < -0.3 is 14.6 Å². The summed E-state index contributed by atoms with van der Waals surface area (Å²) in [6, 6.07) is 0. The van der Waals surface area contributed by atoms with E-state index < -0.39 is 21.7 Å². The highest BCUT2D eigenvalue weighted by Gasteiger charge is 2.48. The van der Waals surface area contributed by atoms with Gasteiger partial charge in [-0.2, -0.15) is 0 Å². The van der Waals surface area contributed by atoms with E-state index >= 15 is 0 Å². The van der Waals surface area contributed by atoms with E-state index in [4.69, 9.17) is 4.74 Å². The second-order valence-corrected chi connectivity index (χ2v) is 9.93. The average Bonchev–Trinajstić information content (AvgIpc) is 3.23. The number of ether oxygens (including phenoxy) is 1. The molecule has 0 saturated carbocycles. The Balaban J connectivity index is 1.47. The van der Waals surface area contributed by atoms with Crippen molar-refractivity contribution in [3.63, 3.8) is 0 Å². The minimum atomic E-state index is -3.25. The predicted molar refractivity (Wildman–Crippen MR) is 108 cm³/mol. The molecule has 0 radical (unpaired) electrons. The Hall–Kier alpha value is -2.37. The molecule has 1 saturated heterocycles. The number of carbonyl (C=O) groups excluding carboxylic acids is 1. The van der Waals surface area contributed by atoms with Gasteiger partial charge in [0.1, 0.15) is 11.4 Å². The van der Waals surface area contributed by atoms with Crippen LogP contribution in [0.1, 0.15) is 37.0 Å². The fraction of sp³-hybridized carbons (Fsp3) is 0.579. The summed E-state index contributed by atoms with van der Waals surface area (Å²) in [5, 5.41) is 2.87. The standard InChI is InChI=1S/C19H26N6O4S/c1-3-30(27,28)25-7-4-19(5-8-25)18-20-6-9-24(18)13-16(29-19)17(26)23-12-15-11-21-14(2)10-22-15/h6,9-11,16H,3-5,7-8,12-13H2,1-2H3,(H,23,26)/t16-/m0/s1. The normalized spacial score (nSPS) is 21.3. The lowest BCUT2D eigenvalue weighted by molar-refractivity contribution is -0.171. The lowest BCUT2D eigenvalue weighted by Gasteiger charge is -2.45. The van der Waals surface area contributed by atoms with Crippen LogP contribution in [0.15, 0.2) is 24.8 Å². The molecule has 1 atom stereocenters. The molecule has 2 aromatic rings. The molecule has 2 aliphatic heterocycles. The number of fused-ring (bicyclic) bond motifs is 2. The zero-order valence-electron chi connectivity index (χ0n) is 17.1. The second kappa shape index (κ2) is 8.05. The average molecular weight is 435 g/mol. The number of rotatable bonds is 5. The molecule has 4 rings (SSSR count). The van der Waals surface area contributed by atoms with Crippen LogP contribution in [-0.4, -0.2) is 63.1 Å². The molecular formula is C19H26N6O4S. The van der Waals surface area contributed by atoms with Crippen LogP contribution < -0.4 is 5.32 Å². The number of carbonyl (C=O) groups is 1. The highest BCUT2D eigenvalue weighted by molar-refractivity contribution is 7.89. The van der Waals surface area contributed by atoms with Crippen molar-refractivity contribution in [1.82, 2.24) is 29.1 Å². The van der Waals surface area contributed by atoms with Gasteiger partial charge in [-0.1, -0.05) is 0 Å². The molecule has 2 aromatic heterocycles. The Bertz CT molecular complexity index is 1010. The van der Waals surface area contributed by atoms with E-state index in [2.05, 4.69) is 20.3 Å². The van der Waals surface area contributed by atoms with E-state index in [-0.39, 0.29) is 18.2 Å². The number of hydrogen-bond donors (Lipinski definition) is 1. The molecule has 0 unspecified atom stereocenters. The third-order valence-corrected chi connectivity index (χ3v) is 7.59. The van der Waals surface area contributed by atoms with Crippen LogP contribution in [0.3, 0.4) is 0 Å². The zero-order chi connectivity index (χ0) is 21.4. The highest BCUT2D eigenvalue weighted by Crippen LogP contribution is 2.40. The molecule has 0 aliphatic carbocycles. The van der Waals surface area contributed by atoms with Crippen LogP contribution >= 0.6 is 0 Å². The Labute approximate surface area is 175 Å². The molecule has 11 heteroatoms. The lowest BCUT2D eigenvalue weighted by atomic mass is 9.89. The summed E-state index contributed by atoms with van der Waals surface area (Å²) in [7, 11) is -3.25. The maximum atomic E-state index is 12.8. The van der Waals surface area contributed by atoms with Crippen LogP contribution in [-0.2, 0) is 38.2 Å². The highest BCUT2D eigenvalue weighted by atomic mass is 32.2. The first-order chi connectivity index (χ1) is 14.3. The second-order valence-electron chi connectivity index (χ2n) is 7.67. The van der Waals surface area contributed by atoms with Crippen LogP contribution in [0.2, 0.25) is 0 Å². The molecule has 2 aliphatic rings. The van der Waals surface area contributed by atoms with Crippen molar-refractivity contribution < 1.29 is 17.9 Å². The fourth-order valence-corrected chi connectivity index (χ4v) is 5.09. The van der Waals surface area contributed by atoms with Crippen LogP contribution in [0.5, 0.6) is 0 Å². The molecule has 0 bridgehead atoms. The van der Waals surface area contributed by atoms with Gasteiger partial charge in [-0.15, -0.1) is 0 Å². The molecule has 1 amide bonds. The maximum Gasteiger partial charge on any atom is 0.251 e. The summed E-state index contributed by atoms with van der Waals surface area (Å²) in [6.45, 7) is 4.80. The van der Waals surface area contributed by atoms with Crippen molar-refractivity contribution in [3.05, 3.63) is 42.0 Å². The smallest absolute Gasteiger partial charge is 0.251 e. The number of nitrogens with zero attached hydrogens (tertiary/aromatic N) is 5. The first-order valence-electron chi connectivity index (χ1n) is 10.1. The largest absolute Gasteiger partial charge is 0.352 e. The first kappa shape index (κ1) is 20.9. The number of sulfonamides is 1. The van der Waals surface area contributed by atoms with E-state index in [1.807, 2.05) is 17.7 Å². The summed E-state index contributed by atoms with van der Waals surface area (Å²) >= 11 is 0. The van der Waals surface area contributed by atoms with Crippen LogP contribution in [0.25, 0.3) is 0 Å². The summed E-state index contributed by atoms with van der Waals surface area (Å²) in [5.74, 6) is 0.590. The number of amides is 1. The van der Waals surface area contributed by atoms with Gasteiger partial charge >= 0.3 is 0 Å². The van der Waals surface area contributed by atoms with E-state index in [1.165, 1.54) is 4.31 Å². The molecular weight excluding hydrogens is 408 g/mol. The SMILES string of the molecule is CCS(=O)(=O)N1CCC2(CC1)O[C@H](C(=O)NCc1cnc(C)cn1)Cn1ccnc12. The number of piperidine rings is 1. The topological polar surface area (TPSA) is 119 Å². The third-order valence-electron chi connectivity index (χ3n) is 5.71. The van der Waals surface area contributed by atoms with Gasteiger partial charge in [-0.25, -0.2) is 17.7 Å². The van der Waals surface area contributed by atoms with Crippen LogP contribution in [0, 0.1) is 6.92 Å². The number of imidazole rings is 1.